The standard InChI is InChI=1S/C18H14N2O3/c1-19(2)11-7-8-14-13(9-11)17-16(10-20(14)22)23-15-6-4-3-5-12(15)18(17)21/h3-10H,1-2H3. The van der Waals surface area contributed by atoms with Gasteiger partial charge in [0.15, 0.2) is 0 Å². The fourth-order valence-electron chi connectivity index (χ4n) is 2.88. The van der Waals surface area contributed by atoms with Crippen molar-refractivity contribution in [3.8, 4) is 0 Å². The van der Waals surface area contributed by atoms with Crippen molar-refractivity contribution in [2.24, 2.45) is 0 Å². The van der Waals surface area contributed by atoms with E-state index in [9.17, 15) is 10.0 Å². The van der Waals surface area contributed by atoms with Crippen molar-refractivity contribution in [2.75, 3.05) is 19.0 Å². The van der Waals surface area contributed by atoms with Gasteiger partial charge in [0, 0.05) is 25.8 Å². The summed E-state index contributed by atoms with van der Waals surface area (Å²) in [5.41, 5.74) is 2.02. The molecule has 0 atom stereocenters. The number of rotatable bonds is 1. The normalized spacial score (nSPS) is 11.4. The molecule has 5 nitrogen and oxygen atoms in total. The first-order chi connectivity index (χ1) is 11.1. The fourth-order valence-corrected chi connectivity index (χ4v) is 2.88. The topological polar surface area (TPSA) is 60.4 Å². The second kappa shape index (κ2) is 4.71. The summed E-state index contributed by atoms with van der Waals surface area (Å²) in [5.74, 6) is 0. The molecule has 5 heteroatoms. The lowest BCUT2D eigenvalue weighted by atomic mass is 10.1. The number of para-hydroxylation sites is 1. The van der Waals surface area contributed by atoms with Crippen LogP contribution in [-0.4, -0.2) is 14.1 Å². The molecule has 0 aliphatic heterocycles. The van der Waals surface area contributed by atoms with Gasteiger partial charge in [-0.15, -0.1) is 0 Å². The molecule has 0 aliphatic rings. The van der Waals surface area contributed by atoms with Crippen LogP contribution in [0.1, 0.15) is 0 Å². The Labute approximate surface area is 131 Å². The Morgan fingerprint density at radius 2 is 1.83 bits per heavy atom. The minimum absolute atomic E-state index is 0.122. The highest BCUT2D eigenvalue weighted by Gasteiger charge is 2.17. The zero-order chi connectivity index (χ0) is 16.1. The van der Waals surface area contributed by atoms with E-state index in [2.05, 4.69) is 0 Å². The predicted octanol–water partition coefficient (Wildman–Crippen LogP) is 2.80. The van der Waals surface area contributed by atoms with E-state index in [1.165, 1.54) is 6.20 Å². The number of pyridine rings is 1. The molecule has 2 aromatic heterocycles. The van der Waals surface area contributed by atoms with Gasteiger partial charge in [-0.05, 0) is 24.3 Å². The minimum atomic E-state index is -0.122. The summed E-state index contributed by atoms with van der Waals surface area (Å²) in [6, 6.07) is 12.5. The number of benzene rings is 2. The fraction of sp³-hybridized carbons (Fsp3) is 0.111. The third kappa shape index (κ3) is 1.93. The van der Waals surface area contributed by atoms with E-state index < -0.39 is 0 Å². The molecule has 0 spiro atoms. The van der Waals surface area contributed by atoms with Crippen molar-refractivity contribution in [3.63, 3.8) is 0 Å². The highest BCUT2D eigenvalue weighted by molar-refractivity contribution is 6.06. The Morgan fingerprint density at radius 3 is 2.61 bits per heavy atom. The van der Waals surface area contributed by atoms with Gasteiger partial charge in [0.25, 0.3) is 0 Å². The lowest BCUT2D eigenvalue weighted by Crippen LogP contribution is -2.27. The Kier molecular flexibility index (Phi) is 2.78. The summed E-state index contributed by atoms with van der Waals surface area (Å²) in [6.07, 6.45) is 1.32. The molecule has 0 saturated carbocycles. The van der Waals surface area contributed by atoms with Crippen LogP contribution in [0, 0.1) is 5.21 Å². The largest absolute Gasteiger partial charge is 0.618 e. The monoisotopic (exact) mass is 306 g/mol. The van der Waals surface area contributed by atoms with Crippen molar-refractivity contribution in [1.29, 1.82) is 0 Å². The predicted molar refractivity (Wildman–Crippen MR) is 90.8 cm³/mol. The lowest BCUT2D eigenvalue weighted by molar-refractivity contribution is -0.575. The van der Waals surface area contributed by atoms with E-state index in [-0.39, 0.29) is 5.43 Å². The Bertz CT molecular complexity index is 1130. The molecule has 4 rings (SSSR count). The van der Waals surface area contributed by atoms with Gasteiger partial charge in [-0.3, -0.25) is 4.79 Å². The molecule has 0 radical (unpaired) electrons. The third-order valence-electron chi connectivity index (χ3n) is 4.06. The average molecular weight is 306 g/mol. The zero-order valence-electron chi connectivity index (χ0n) is 12.7. The summed E-state index contributed by atoms with van der Waals surface area (Å²) >= 11 is 0. The van der Waals surface area contributed by atoms with Crippen molar-refractivity contribution >= 4 is 38.5 Å². The number of hydrogen-bond donors (Lipinski definition) is 0. The van der Waals surface area contributed by atoms with Gasteiger partial charge in [-0.25, -0.2) is 0 Å². The molecule has 0 aliphatic carbocycles. The highest BCUT2D eigenvalue weighted by Crippen LogP contribution is 2.26. The molecule has 2 heterocycles. The first kappa shape index (κ1) is 13.6. The van der Waals surface area contributed by atoms with E-state index in [1.54, 1.807) is 30.3 Å². The number of nitrogens with zero attached hydrogens (tertiary/aromatic N) is 2. The summed E-state index contributed by atoms with van der Waals surface area (Å²) in [6.45, 7) is 0. The van der Waals surface area contributed by atoms with Crippen LogP contribution in [0.15, 0.2) is 57.9 Å². The van der Waals surface area contributed by atoms with Crippen LogP contribution in [0.4, 0.5) is 5.69 Å². The van der Waals surface area contributed by atoms with Crippen LogP contribution < -0.4 is 15.1 Å². The number of hydrogen-bond acceptors (Lipinski definition) is 4. The van der Waals surface area contributed by atoms with Crippen LogP contribution in [-0.2, 0) is 0 Å². The van der Waals surface area contributed by atoms with Crippen molar-refractivity contribution in [1.82, 2.24) is 0 Å². The maximum absolute atomic E-state index is 12.9. The molecule has 2 aromatic carbocycles. The van der Waals surface area contributed by atoms with Gasteiger partial charge in [0.2, 0.25) is 22.7 Å². The first-order valence-corrected chi connectivity index (χ1v) is 7.25. The van der Waals surface area contributed by atoms with Crippen molar-refractivity contribution in [3.05, 3.63) is 64.1 Å². The molecular weight excluding hydrogens is 292 g/mol. The summed E-state index contributed by atoms with van der Waals surface area (Å²) < 4.78 is 6.53. The van der Waals surface area contributed by atoms with Gasteiger partial charge in [-0.2, -0.15) is 4.73 Å². The Hall–Kier alpha value is -3.08. The molecule has 4 aromatic rings. The summed E-state index contributed by atoms with van der Waals surface area (Å²) in [7, 11) is 3.82. The summed E-state index contributed by atoms with van der Waals surface area (Å²) in [5, 5.41) is 13.8. The van der Waals surface area contributed by atoms with Crippen molar-refractivity contribution < 1.29 is 9.15 Å². The SMILES string of the molecule is CN(C)c1ccc2c(c1)c1c(=O)c3ccccc3oc1c[n+]2[O-]. The molecule has 0 bridgehead atoms. The number of aromatic nitrogens is 1. The average Bonchev–Trinajstić information content (AvgIpc) is 2.54. The Morgan fingerprint density at radius 1 is 1.04 bits per heavy atom. The zero-order valence-corrected chi connectivity index (χ0v) is 12.7. The second-order valence-electron chi connectivity index (χ2n) is 5.72. The molecular formula is C18H14N2O3. The van der Waals surface area contributed by atoms with Gasteiger partial charge in [-0.1, -0.05) is 12.1 Å². The van der Waals surface area contributed by atoms with Crippen LogP contribution in [0.25, 0.3) is 32.8 Å². The van der Waals surface area contributed by atoms with Gasteiger partial charge in [0.1, 0.15) is 5.58 Å². The van der Waals surface area contributed by atoms with E-state index in [0.717, 1.165) is 10.4 Å². The third-order valence-corrected chi connectivity index (χ3v) is 4.06. The van der Waals surface area contributed by atoms with Gasteiger partial charge >= 0.3 is 0 Å². The number of fused-ring (bicyclic) bond motifs is 4. The van der Waals surface area contributed by atoms with E-state index >= 15 is 0 Å². The molecule has 0 N–H and O–H groups in total. The lowest BCUT2D eigenvalue weighted by Gasteiger charge is -2.13. The molecule has 0 amide bonds. The molecule has 0 fully saturated rings. The number of anilines is 1. The Balaban J connectivity index is 2.28. The van der Waals surface area contributed by atoms with Crippen LogP contribution >= 0.6 is 0 Å². The first-order valence-electron chi connectivity index (χ1n) is 7.25. The van der Waals surface area contributed by atoms with Gasteiger partial charge < -0.3 is 14.5 Å². The maximum Gasteiger partial charge on any atom is 0.224 e. The maximum atomic E-state index is 12.9. The quantitative estimate of drug-likeness (QED) is 0.235. The molecule has 23 heavy (non-hydrogen) atoms. The highest BCUT2D eigenvalue weighted by atomic mass is 16.5. The summed E-state index contributed by atoms with van der Waals surface area (Å²) in [4.78, 5) is 14.8. The molecule has 0 unspecified atom stereocenters. The molecule has 0 saturated heterocycles. The van der Waals surface area contributed by atoms with Gasteiger partial charge in [0.05, 0.1) is 16.2 Å². The molecule has 114 valence electrons. The van der Waals surface area contributed by atoms with E-state index in [1.807, 2.05) is 31.1 Å². The second-order valence-corrected chi connectivity index (χ2v) is 5.72. The minimum Gasteiger partial charge on any atom is -0.618 e. The van der Waals surface area contributed by atoms with Crippen molar-refractivity contribution in [2.45, 2.75) is 0 Å². The van der Waals surface area contributed by atoms with Crippen LogP contribution in [0.3, 0.4) is 0 Å². The van der Waals surface area contributed by atoms with Crippen LogP contribution in [0.5, 0.6) is 0 Å². The van der Waals surface area contributed by atoms with E-state index in [4.69, 9.17) is 4.42 Å². The smallest absolute Gasteiger partial charge is 0.224 e. The van der Waals surface area contributed by atoms with Crippen LogP contribution in [0.2, 0.25) is 0 Å². The van der Waals surface area contributed by atoms with E-state index in [0.29, 0.717) is 32.8 Å².